The fourth-order valence-corrected chi connectivity index (χ4v) is 2.59. The molecule has 1 aliphatic carbocycles. The molecule has 0 aromatic heterocycles. The van der Waals surface area contributed by atoms with Crippen molar-refractivity contribution >= 4 is 5.91 Å². The SMILES string of the molecule is CC(=O)N1Cc2ccccc2C#CC2=CC(C=CC=C2)C1. The lowest BCUT2D eigenvalue weighted by Crippen LogP contribution is -2.32. The van der Waals surface area contributed by atoms with Crippen LogP contribution in [0.3, 0.4) is 0 Å². The number of fused-ring (bicyclic) bond motifs is 2. The molecule has 1 unspecified atom stereocenters. The third kappa shape index (κ3) is 3.14. The lowest BCUT2D eigenvalue weighted by molar-refractivity contribution is -0.129. The summed E-state index contributed by atoms with van der Waals surface area (Å²) in [6.07, 6.45) is 10.3. The van der Waals surface area contributed by atoms with Gasteiger partial charge in [0.05, 0.1) is 0 Å². The van der Waals surface area contributed by atoms with Crippen molar-refractivity contribution < 1.29 is 4.79 Å². The number of allylic oxidation sites excluding steroid dienone is 4. The fourth-order valence-electron chi connectivity index (χ4n) is 2.59. The zero-order chi connectivity index (χ0) is 14.7. The Kier molecular flexibility index (Phi) is 3.75. The van der Waals surface area contributed by atoms with Gasteiger partial charge in [0.15, 0.2) is 0 Å². The van der Waals surface area contributed by atoms with Crippen LogP contribution in [0.1, 0.15) is 18.1 Å². The summed E-state index contributed by atoms with van der Waals surface area (Å²) in [5.74, 6) is 6.79. The molecule has 21 heavy (non-hydrogen) atoms. The van der Waals surface area contributed by atoms with Gasteiger partial charge in [-0.2, -0.15) is 0 Å². The van der Waals surface area contributed by atoms with Crippen molar-refractivity contribution in [1.29, 1.82) is 0 Å². The molecular weight excluding hydrogens is 258 g/mol. The van der Waals surface area contributed by atoms with Gasteiger partial charge in [-0.05, 0) is 17.7 Å². The van der Waals surface area contributed by atoms with Gasteiger partial charge in [-0.15, -0.1) is 0 Å². The number of rotatable bonds is 0. The first-order chi connectivity index (χ1) is 10.2. The number of carbonyl (C=O) groups excluding carboxylic acids is 1. The number of hydrogen-bond acceptors (Lipinski definition) is 1. The van der Waals surface area contributed by atoms with E-state index >= 15 is 0 Å². The number of benzene rings is 1. The van der Waals surface area contributed by atoms with E-state index < -0.39 is 0 Å². The summed E-state index contributed by atoms with van der Waals surface area (Å²) >= 11 is 0. The lowest BCUT2D eigenvalue weighted by atomic mass is 10.0. The third-order valence-electron chi connectivity index (χ3n) is 3.74. The van der Waals surface area contributed by atoms with Crippen LogP contribution < -0.4 is 0 Å². The molecule has 0 saturated carbocycles. The molecule has 2 aliphatic rings. The average Bonchev–Trinajstić information content (AvgIpc) is 2.70. The molecule has 2 bridgehead atoms. The fraction of sp³-hybridized carbons (Fsp3) is 0.211. The summed E-state index contributed by atoms with van der Waals surface area (Å²) < 4.78 is 0. The standard InChI is InChI=1S/C19H17NO/c1-15(21)20-13-17-7-3-2-6-16(12-17)10-11-18-8-4-5-9-19(18)14-20/h2-9,12,17H,13-14H2,1H3. The van der Waals surface area contributed by atoms with E-state index in [-0.39, 0.29) is 11.8 Å². The summed E-state index contributed by atoms with van der Waals surface area (Å²) in [4.78, 5) is 13.8. The molecule has 1 heterocycles. The second-order valence-corrected chi connectivity index (χ2v) is 5.34. The predicted molar refractivity (Wildman–Crippen MR) is 84.3 cm³/mol. The van der Waals surface area contributed by atoms with Crippen molar-refractivity contribution in [1.82, 2.24) is 4.90 Å². The van der Waals surface area contributed by atoms with Crippen LogP contribution in [0.25, 0.3) is 0 Å². The molecule has 1 aromatic carbocycles. The zero-order valence-corrected chi connectivity index (χ0v) is 12.0. The molecule has 2 heteroatoms. The van der Waals surface area contributed by atoms with Gasteiger partial charge in [0, 0.05) is 37.1 Å². The maximum atomic E-state index is 11.9. The van der Waals surface area contributed by atoms with Gasteiger partial charge in [0.25, 0.3) is 0 Å². The quantitative estimate of drug-likeness (QED) is 0.666. The van der Waals surface area contributed by atoms with Gasteiger partial charge in [-0.25, -0.2) is 0 Å². The second kappa shape index (κ2) is 5.85. The molecule has 0 N–H and O–H groups in total. The first kappa shape index (κ1) is 13.5. The van der Waals surface area contributed by atoms with Crippen molar-refractivity contribution in [3.05, 3.63) is 71.3 Å². The molecule has 0 fully saturated rings. The monoisotopic (exact) mass is 275 g/mol. The van der Waals surface area contributed by atoms with E-state index in [2.05, 4.69) is 24.0 Å². The Morgan fingerprint density at radius 1 is 1.24 bits per heavy atom. The van der Waals surface area contributed by atoms with Crippen LogP contribution in [0.5, 0.6) is 0 Å². The molecule has 1 amide bonds. The number of amides is 1. The Hall–Kier alpha value is -2.53. The minimum atomic E-state index is 0.0962. The molecule has 0 radical (unpaired) electrons. The van der Waals surface area contributed by atoms with E-state index in [0.29, 0.717) is 13.1 Å². The van der Waals surface area contributed by atoms with Crippen LogP contribution in [-0.2, 0) is 11.3 Å². The maximum Gasteiger partial charge on any atom is 0.219 e. The maximum absolute atomic E-state index is 11.9. The lowest BCUT2D eigenvalue weighted by Gasteiger charge is -2.25. The van der Waals surface area contributed by atoms with Crippen molar-refractivity contribution in [3.8, 4) is 11.8 Å². The Morgan fingerprint density at radius 3 is 2.95 bits per heavy atom. The predicted octanol–water partition coefficient (Wildman–Crippen LogP) is 3.07. The molecule has 2 nitrogen and oxygen atoms in total. The molecule has 0 saturated heterocycles. The smallest absolute Gasteiger partial charge is 0.219 e. The minimum Gasteiger partial charge on any atom is -0.338 e. The highest BCUT2D eigenvalue weighted by Gasteiger charge is 2.16. The largest absolute Gasteiger partial charge is 0.338 e. The molecule has 0 spiro atoms. The number of hydrogen-bond donors (Lipinski definition) is 0. The molecule has 1 aromatic rings. The van der Waals surface area contributed by atoms with Crippen molar-refractivity contribution in [2.45, 2.75) is 13.5 Å². The van der Waals surface area contributed by atoms with Crippen LogP contribution in [0.15, 0.2) is 60.2 Å². The van der Waals surface area contributed by atoms with E-state index in [9.17, 15) is 4.79 Å². The highest BCUT2D eigenvalue weighted by atomic mass is 16.2. The van der Waals surface area contributed by atoms with E-state index in [1.807, 2.05) is 47.4 Å². The highest BCUT2D eigenvalue weighted by molar-refractivity contribution is 5.73. The Bertz CT molecular complexity index is 713. The Balaban J connectivity index is 2.09. The topological polar surface area (TPSA) is 20.3 Å². The summed E-state index contributed by atoms with van der Waals surface area (Å²) in [6, 6.07) is 8.04. The van der Waals surface area contributed by atoms with Crippen LogP contribution in [0.4, 0.5) is 0 Å². The normalized spacial score (nSPS) is 19.8. The van der Waals surface area contributed by atoms with E-state index in [0.717, 1.165) is 16.7 Å². The zero-order valence-electron chi connectivity index (χ0n) is 12.0. The first-order valence-corrected chi connectivity index (χ1v) is 7.14. The van der Waals surface area contributed by atoms with Crippen molar-refractivity contribution in [2.75, 3.05) is 6.54 Å². The van der Waals surface area contributed by atoms with Crippen molar-refractivity contribution in [3.63, 3.8) is 0 Å². The molecule has 1 aliphatic heterocycles. The van der Waals surface area contributed by atoms with Gasteiger partial charge in [0.1, 0.15) is 0 Å². The summed E-state index contributed by atoms with van der Waals surface area (Å²) in [7, 11) is 0. The molecule has 1 atom stereocenters. The summed E-state index contributed by atoms with van der Waals surface area (Å²) in [5, 5.41) is 0. The molecular formula is C19H17NO. The minimum absolute atomic E-state index is 0.0962. The number of carbonyl (C=O) groups is 1. The van der Waals surface area contributed by atoms with Crippen LogP contribution in [0.2, 0.25) is 0 Å². The van der Waals surface area contributed by atoms with E-state index in [4.69, 9.17) is 0 Å². The van der Waals surface area contributed by atoms with Gasteiger partial charge >= 0.3 is 0 Å². The van der Waals surface area contributed by atoms with Gasteiger partial charge in [-0.3, -0.25) is 4.79 Å². The molecule has 3 rings (SSSR count). The Labute approximate surface area is 125 Å². The van der Waals surface area contributed by atoms with E-state index in [1.54, 1.807) is 6.92 Å². The first-order valence-electron chi connectivity index (χ1n) is 7.14. The summed E-state index contributed by atoms with van der Waals surface area (Å²) in [5.41, 5.74) is 3.10. The second-order valence-electron chi connectivity index (χ2n) is 5.34. The van der Waals surface area contributed by atoms with Crippen LogP contribution in [-0.4, -0.2) is 17.4 Å². The van der Waals surface area contributed by atoms with Gasteiger partial charge < -0.3 is 4.90 Å². The van der Waals surface area contributed by atoms with Gasteiger partial charge in [0.2, 0.25) is 5.91 Å². The highest BCUT2D eigenvalue weighted by Crippen LogP contribution is 2.18. The van der Waals surface area contributed by atoms with Crippen LogP contribution in [0, 0.1) is 17.8 Å². The average molecular weight is 275 g/mol. The summed E-state index contributed by atoms with van der Waals surface area (Å²) in [6.45, 7) is 2.93. The number of nitrogens with zero attached hydrogens (tertiary/aromatic N) is 1. The third-order valence-corrected chi connectivity index (χ3v) is 3.74. The van der Waals surface area contributed by atoms with Gasteiger partial charge in [-0.1, -0.05) is 54.3 Å². The molecule has 104 valence electrons. The Morgan fingerprint density at radius 2 is 2.10 bits per heavy atom. The van der Waals surface area contributed by atoms with E-state index in [1.165, 1.54) is 0 Å². The van der Waals surface area contributed by atoms with Crippen molar-refractivity contribution in [2.24, 2.45) is 5.92 Å². The van der Waals surface area contributed by atoms with Crippen LogP contribution >= 0.6 is 0 Å².